The number of hydrogen-bond acceptors (Lipinski definition) is 2. The SMILES string of the molecule is CCNC(=NCC(=O)NCc1ccccc1)N(C)Cc1cc(Br)cn1C. The highest BCUT2D eigenvalue weighted by Gasteiger charge is 2.10. The van der Waals surface area contributed by atoms with Crippen LogP contribution in [-0.4, -0.2) is 41.5 Å². The number of nitrogens with zero attached hydrogens (tertiary/aromatic N) is 3. The standard InChI is InChI=1S/C19H26BrN5O/c1-4-21-19(25(3)14-17-10-16(20)13-24(17)2)23-12-18(26)22-11-15-8-6-5-7-9-15/h5-10,13H,4,11-12,14H2,1-3H3,(H,21,23)(H,22,26). The van der Waals surface area contributed by atoms with Gasteiger partial charge in [-0.2, -0.15) is 0 Å². The quantitative estimate of drug-likeness (QED) is 0.535. The van der Waals surface area contributed by atoms with Gasteiger partial charge in [0.1, 0.15) is 6.54 Å². The second kappa shape index (κ2) is 10.0. The molecule has 26 heavy (non-hydrogen) atoms. The van der Waals surface area contributed by atoms with E-state index in [1.54, 1.807) is 0 Å². The number of carbonyl (C=O) groups excluding carboxylic acids is 1. The smallest absolute Gasteiger partial charge is 0.242 e. The number of rotatable bonds is 7. The molecule has 7 heteroatoms. The number of halogens is 1. The number of benzene rings is 1. The van der Waals surface area contributed by atoms with Crippen LogP contribution < -0.4 is 10.6 Å². The average Bonchev–Trinajstić information content (AvgIpc) is 2.94. The molecule has 0 fully saturated rings. The van der Waals surface area contributed by atoms with Crippen LogP contribution in [0.3, 0.4) is 0 Å². The van der Waals surface area contributed by atoms with E-state index in [-0.39, 0.29) is 12.5 Å². The highest BCUT2D eigenvalue weighted by molar-refractivity contribution is 9.10. The number of aromatic nitrogens is 1. The predicted octanol–water partition coefficient (Wildman–Crippen LogP) is 2.50. The van der Waals surface area contributed by atoms with Gasteiger partial charge in [-0.15, -0.1) is 0 Å². The van der Waals surface area contributed by atoms with Gasteiger partial charge in [0.15, 0.2) is 5.96 Å². The van der Waals surface area contributed by atoms with Crippen LogP contribution in [-0.2, 0) is 24.9 Å². The molecular weight excluding hydrogens is 394 g/mol. The summed E-state index contributed by atoms with van der Waals surface area (Å²) in [6, 6.07) is 11.9. The lowest BCUT2D eigenvalue weighted by atomic mass is 10.2. The fourth-order valence-corrected chi connectivity index (χ4v) is 3.08. The van der Waals surface area contributed by atoms with Gasteiger partial charge in [0.05, 0.1) is 6.54 Å². The van der Waals surface area contributed by atoms with Gasteiger partial charge in [0, 0.05) is 43.5 Å². The molecule has 1 aromatic heterocycles. The minimum absolute atomic E-state index is 0.0936. The lowest BCUT2D eigenvalue weighted by Gasteiger charge is -2.22. The maximum atomic E-state index is 12.1. The van der Waals surface area contributed by atoms with Crippen molar-refractivity contribution < 1.29 is 4.79 Å². The Morgan fingerprint density at radius 3 is 2.62 bits per heavy atom. The summed E-state index contributed by atoms with van der Waals surface area (Å²) in [5.74, 6) is 0.610. The molecular formula is C19H26BrN5O. The van der Waals surface area contributed by atoms with Crippen molar-refractivity contribution in [1.29, 1.82) is 0 Å². The van der Waals surface area contributed by atoms with Crippen molar-refractivity contribution in [2.75, 3.05) is 20.1 Å². The van der Waals surface area contributed by atoms with Crippen LogP contribution in [0.2, 0.25) is 0 Å². The second-order valence-corrected chi connectivity index (χ2v) is 6.96. The maximum Gasteiger partial charge on any atom is 0.242 e. The van der Waals surface area contributed by atoms with Gasteiger partial charge in [0.2, 0.25) is 5.91 Å². The molecule has 0 aliphatic carbocycles. The van der Waals surface area contributed by atoms with Crippen molar-refractivity contribution >= 4 is 27.8 Å². The molecule has 2 aromatic rings. The lowest BCUT2D eigenvalue weighted by Crippen LogP contribution is -2.39. The summed E-state index contributed by atoms with van der Waals surface area (Å²) in [6.07, 6.45) is 2.02. The molecule has 6 nitrogen and oxygen atoms in total. The summed E-state index contributed by atoms with van der Waals surface area (Å²) in [5.41, 5.74) is 2.22. The van der Waals surface area contributed by atoms with E-state index in [4.69, 9.17) is 0 Å². The first-order valence-corrected chi connectivity index (χ1v) is 9.39. The first-order valence-electron chi connectivity index (χ1n) is 8.60. The molecule has 2 rings (SSSR count). The van der Waals surface area contributed by atoms with Gasteiger partial charge in [-0.1, -0.05) is 30.3 Å². The molecule has 0 spiro atoms. The molecule has 0 radical (unpaired) electrons. The van der Waals surface area contributed by atoms with Crippen molar-refractivity contribution in [3.05, 3.63) is 58.3 Å². The molecule has 1 heterocycles. The number of carbonyl (C=O) groups is 1. The molecule has 1 amide bonds. The van der Waals surface area contributed by atoms with Gasteiger partial charge >= 0.3 is 0 Å². The Morgan fingerprint density at radius 2 is 2.00 bits per heavy atom. The highest BCUT2D eigenvalue weighted by Crippen LogP contribution is 2.14. The zero-order valence-electron chi connectivity index (χ0n) is 15.5. The normalized spacial score (nSPS) is 11.3. The van der Waals surface area contributed by atoms with Crippen molar-refractivity contribution in [3.8, 4) is 0 Å². The number of nitrogens with one attached hydrogen (secondary N) is 2. The molecule has 140 valence electrons. The summed E-state index contributed by atoms with van der Waals surface area (Å²) < 4.78 is 3.11. The zero-order chi connectivity index (χ0) is 18.9. The number of aryl methyl sites for hydroxylation is 1. The lowest BCUT2D eigenvalue weighted by molar-refractivity contribution is -0.119. The van der Waals surface area contributed by atoms with Crippen LogP contribution in [0.15, 0.2) is 52.1 Å². The van der Waals surface area contributed by atoms with Crippen molar-refractivity contribution in [3.63, 3.8) is 0 Å². The molecule has 0 saturated carbocycles. The second-order valence-electron chi connectivity index (χ2n) is 6.05. The third-order valence-electron chi connectivity index (χ3n) is 3.88. The van der Waals surface area contributed by atoms with Gasteiger partial charge in [-0.25, -0.2) is 4.99 Å². The summed E-state index contributed by atoms with van der Waals surface area (Å²) in [4.78, 5) is 18.6. The Balaban J connectivity index is 1.92. The van der Waals surface area contributed by atoms with E-state index in [9.17, 15) is 4.79 Å². The van der Waals surface area contributed by atoms with Crippen LogP contribution in [0.4, 0.5) is 0 Å². The van der Waals surface area contributed by atoms with Crippen LogP contribution in [0, 0.1) is 0 Å². The van der Waals surface area contributed by atoms with Gasteiger partial charge in [0.25, 0.3) is 0 Å². The Morgan fingerprint density at radius 1 is 1.27 bits per heavy atom. The highest BCUT2D eigenvalue weighted by atomic mass is 79.9. The van der Waals surface area contributed by atoms with E-state index in [0.29, 0.717) is 19.0 Å². The van der Waals surface area contributed by atoms with Crippen LogP contribution in [0.25, 0.3) is 0 Å². The fraction of sp³-hybridized carbons (Fsp3) is 0.368. The maximum absolute atomic E-state index is 12.1. The molecule has 0 unspecified atom stereocenters. The van der Waals surface area contributed by atoms with Gasteiger partial charge < -0.3 is 20.1 Å². The predicted molar refractivity (Wildman–Crippen MR) is 109 cm³/mol. The van der Waals surface area contributed by atoms with Gasteiger partial charge in [-0.05, 0) is 34.5 Å². The molecule has 0 aliphatic rings. The van der Waals surface area contributed by atoms with E-state index >= 15 is 0 Å². The number of amides is 1. The molecule has 0 aliphatic heterocycles. The van der Waals surface area contributed by atoms with E-state index in [1.807, 2.05) is 62.4 Å². The summed E-state index contributed by atoms with van der Waals surface area (Å²) in [7, 11) is 3.97. The van der Waals surface area contributed by atoms with Crippen LogP contribution >= 0.6 is 15.9 Å². The van der Waals surface area contributed by atoms with Crippen molar-refractivity contribution in [1.82, 2.24) is 20.1 Å². The largest absolute Gasteiger partial charge is 0.357 e. The first kappa shape index (κ1) is 20.0. The molecule has 1 aromatic carbocycles. The molecule has 0 saturated heterocycles. The zero-order valence-corrected chi connectivity index (χ0v) is 17.1. The topological polar surface area (TPSA) is 61.7 Å². The van der Waals surface area contributed by atoms with E-state index in [1.165, 1.54) is 0 Å². The van der Waals surface area contributed by atoms with Crippen molar-refractivity contribution in [2.24, 2.45) is 12.0 Å². The average molecular weight is 420 g/mol. The van der Waals surface area contributed by atoms with Crippen molar-refractivity contribution in [2.45, 2.75) is 20.0 Å². The first-order chi connectivity index (χ1) is 12.5. The van der Waals surface area contributed by atoms with Gasteiger partial charge in [-0.3, -0.25) is 4.79 Å². The summed E-state index contributed by atoms with van der Waals surface area (Å²) in [5, 5.41) is 6.13. The number of aliphatic imine (C=N–C) groups is 1. The van der Waals surface area contributed by atoms with E-state index in [2.05, 4.69) is 42.2 Å². The van der Waals surface area contributed by atoms with E-state index in [0.717, 1.165) is 22.3 Å². The Kier molecular flexibility index (Phi) is 7.72. The number of guanidine groups is 1. The summed E-state index contributed by atoms with van der Waals surface area (Å²) >= 11 is 3.49. The fourth-order valence-electron chi connectivity index (χ4n) is 2.51. The Labute approximate surface area is 163 Å². The minimum atomic E-state index is -0.0979. The molecule has 0 atom stereocenters. The molecule has 0 bridgehead atoms. The molecule has 2 N–H and O–H groups in total. The summed E-state index contributed by atoms with van der Waals surface area (Å²) in [6.45, 7) is 4.05. The van der Waals surface area contributed by atoms with Crippen LogP contribution in [0.1, 0.15) is 18.2 Å². The Hall–Kier alpha value is -2.28. The monoisotopic (exact) mass is 419 g/mol. The van der Waals surface area contributed by atoms with Crippen LogP contribution in [0.5, 0.6) is 0 Å². The third-order valence-corrected chi connectivity index (χ3v) is 4.31. The minimum Gasteiger partial charge on any atom is -0.357 e. The Bertz CT molecular complexity index is 742. The third kappa shape index (κ3) is 6.22. The van der Waals surface area contributed by atoms with E-state index < -0.39 is 0 Å². The number of hydrogen-bond donors (Lipinski definition) is 2.